The van der Waals surface area contributed by atoms with Crippen LogP contribution in [0.1, 0.15) is 51.9 Å². The molecule has 0 rings (SSSR count). The van der Waals surface area contributed by atoms with Gasteiger partial charge in [0.25, 0.3) is 0 Å². The molecule has 0 amide bonds. The van der Waals surface area contributed by atoms with Crippen molar-refractivity contribution in [2.24, 2.45) is 0 Å². The van der Waals surface area contributed by atoms with Gasteiger partial charge in [0.05, 0.1) is 0 Å². The molecular formula is C14H26O. The third-order valence-electron chi connectivity index (χ3n) is 2.31. The summed E-state index contributed by atoms with van der Waals surface area (Å²) in [5, 5.41) is 0. The van der Waals surface area contributed by atoms with Gasteiger partial charge >= 0.3 is 0 Å². The minimum atomic E-state index is 0.912. The fourth-order valence-electron chi connectivity index (χ4n) is 1.38. The van der Waals surface area contributed by atoms with E-state index in [1.54, 1.807) is 7.11 Å². The van der Waals surface area contributed by atoms with E-state index in [1.165, 1.54) is 44.9 Å². The first-order chi connectivity index (χ1) is 7.41. The van der Waals surface area contributed by atoms with Gasteiger partial charge < -0.3 is 4.74 Å². The molecule has 1 heteroatoms. The van der Waals surface area contributed by atoms with Crippen LogP contribution in [-0.4, -0.2) is 13.7 Å². The zero-order valence-corrected chi connectivity index (χ0v) is 10.4. The van der Waals surface area contributed by atoms with Gasteiger partial charge in [-0.05, 0) is 25.7 Å². The highest BCUT2D eigenvalue weighted by Crippen LogP contribution is 2.03. The zero-order chi connectivity index (χ0) is 11.2. The molecule has 0 heterocycles. The van der Waals surface area contributed by atoms with Crippen LogP contribution < -0.4 is 0 Å². The summed E-state index contributed by atoms with van der Waals surface area (Å²) in [7, 11) is 1.77. The number of rotatable bonds is 10. The molecule has 0 aliphatic heterocycles. The van der Waals surface area contributed by atoms with Gasteiger partial charge in [0.1, 0.15) is 0 Å². The molecule has 0 saturated heterocycles. The summed E-state index contributed by atoms with van der Waals surface area (Å²) < 4.78 is 5.00. The molecule has 0 aliphatic rings. The van der Waals surface area contributed by atoms with E-state index in [0.29, 0.717) is 0 Å². The maximum absolute atomic E-state index is 5.00. The Balaban J connectivity index is 3.09. The molecule has 0 spiro atoms. The van der Waals surface area contributed by atoms with Crippen molar-refractivity contribution >= 4 is 0 Å². The first-order valence-corrected chi connectivity index (χ1v) is 6.22. The number of hydrogen-bond acceptors (Lipinski definition) is 1. The van der Waals surface area contributed by atoms with Gasteiger partial charge in [-0.25, -0.2) is 0 Å². The molecule has 0 saturated carbocycles. The van der Waals surface area contributed by atoms with Crippen LogP contribution in [0.5, 0.6) is 0 Å². The Bertz CT molecular complexity index is 159. The summed E-state index contributed by atoms with van der Waals surface area (Å²) in [6, 6.07) is 0. The Labute approximate surface area is 95.2 Å². The van der Waals surface area contributed by atoms with Crippen molar-refractivity contribution in [2.45, 2.75) is 51.9 Å². The topological polar surface area (TPSA) is 9.23 Å². The Kier molecular flexibility index (Phi) is 12.9. The predicted octanol–water partition coefficient (Wildman–Crippen LogP) is 4.50. The quantitative estimate of drug-likeness (QED) is 0.381. The van der Waals surface area contributed by atoms with Crippen molar-refractivity contribution in [3.8, 4) is 0 Å². The van der Waals surface area contributed by atoms with Crippen LogP contribution in [0.25, 0.3) is 0 Å². The lowest BCUT2D eigenvalue weighted by Gasteiger charge is -1.97. The lowest BCUT2D eigenvalue weighted by molar-refractivity contribution is 0.192. The summed E-state index contributed by atoms with van der Waals surface area (Å²) >= 11 is 0. The summed E-state index contributed by atoms with van der Waals surface area (Å²) in [6.45, 7) is 3.11. The number of hydrogen-bond donors (Lipinski definition) is 0. The molecule has 0 aromatic carbocycles. The second-order valence-corrected chi connectivity index (χ2v) is 3.84. The highest BCUT2D eigenvalue weighted by Gasteiger charge is 1.87. The van der Waals surface area contributed by atoms with Crippen LogP contribution in [0.2, 0.25) is 0 Å². The molecule has 0 bridgehead atoms. The first-order valence-electron chi connectivity index (χ1n) is 6.22. The third kappa shape index (κ3) is 13.4. The van der Waals surface area contributed by atoms with E-state index in [0.717, 1.165) is 6.61 Å². The number of methoxy groups -OCH3 is 1. The summed E-state index contributed by atoms with van der Waals surface area (Å²) in [5.41, 5.74) is 0. The normalized spacial score (nSPS) is 11.9. The molecule has 0 aromatic heterocycles. The molecule has 0 radical (unpaired) electrons. The van der Waals surface area contributed by atoms with Crippen molar-refractivity contribution in [2.75, 3.05) is 13.7 Å². The first kappa shape index (κ1) is 14.4. The van der Waals surface area contributed by atoms with Crippen LogP contribution in [0, 0.1) is 0 Å². The number of unbranched alkanes of at least 4 members (excludes halogenated alkanes) is 5. The highest BCUT2D eigenvalue weighted by atomic mass is 16.5. The van der Waals surface area contributed by atoms with Crippen LogP contribution in [0.15, 0.2) is 24.3 Å². The lowest BCUT2D eigenvalue weighted by atomic mass is 10.1. The molecule has 0 atom stereocenters. The SMILES string of the molecule is CCC/C=C/C=C/CCCCCCOC. The fourth-order valence-corrected chi connectivity index (χ4v) is 1.38. The average Bonchev–Trinajstić information content (AvgIpc) is 2.26. The summed E-state index contributed by atoms with van der Waals surface area (Å²) in [6.07, 6.45) is 17.6. The van der Waals surface area contributed by atoms with Crippen LogP contribution in [0.3, 0.4) is 0 Å². The molecule has 0 N–H and O–H groups in total. The van der Waals surface area contributed by atoms with E-state index in [9.17, 15) is 0 Å². The smallest absolute Gasteiger partial charge is 0.0462 e. The van der Waals surface area contributed by atoms with Gasteiger partial charge in [-0.15, -0.1) is 0 Å². The van der Waals surface area contributed by atoms with Gasteiger partial charge in [-0.2, -0.15) is 0 Å². The fraction of sp³-hybridized carbons (Fsp3) is 0.714. The molecule has 0 unspecified atom stereocenters. The maximum atomic E-state index is 5.00. The number of ether oxygens (including phenoxy) is 1. The Morgan fingerprint density at radius 1 is 0.867 bits per heavy atom. The monoisotopic (exact) mass is 210 g/mol. The molecule has 0 fully saturated rings. The van der Waals surface area contributed by atoms with Crippen molar-refractivity contribution in [3.63, 3.8) is 0 Å². The second-order valence-electron chi connectivity index (χ2n) is 3.84. The van der Waals surface area contributed by atoms with Gasteiger partial charge in [0.15, 0.2) is 0 Å². The Hall–Kier alpha value is -0.560. The average molecular weight is 210 g/mol. The highest BCUT2D eigenvalue weighted by molar-refractivity contribution is 5.02. The van der Waals surface area contributed by atoms with E-state index in [1.807, 2.05) is 0 Å². The largest absolute Gasteiger partial charge is 0.385 e. The maximum Gasteiger partial charge on any atom is 0.0462 e. The Morgan fingerprint density at radius 3 is 2.20 bits per heavy atom. The predicted molar refractivity (Wildman–Crippen MR) is 68.1 cm³/mol. The summed E-state index contributed by atoms with van der Waals surface area (Å²) in [4.78, 5) is 0. The van der Waals surface area contributed by atoms with E-state index >= 15 is 0 Å². The number of allylic oxidation sites excluding steroid dienone is 4. The van der Waals surface area contributed by atoms with Crippen LogP contribution >= 0.6 is 0 Å². The molecule has 88 valence electrons. The Morgan fingerprint density at radius 2 is 1.53 bits per heavy atom. The second kappa shape index (κ2) is 13.4. The van der Waals surface area contributed by atoms with Crippen molar-refractivity contribution in [3.05, 3.63) is 24.3 Å². The van der Waals surface area contributed by atoms with E-state index < -0.39 is 0 Å². The van der Waals surface area contributed by atoms with E-state index in [-0.39, 0.29) is 0 Å². The van der Waals surface area contributed by atoms with Crippen molar-refractivity contribution in [1.29, 1.82) is 0 Å². The standard InChI is InChI=1S/C14H26O/c1-3-4-5-6-7-8-9-10-11-12-13-14-15-2/h5-8H,3-4,9-14H2,1-2H3/b6-5+,8-7+. The molecule has 15 heavy (non-hydrogen) atoms. The minimum Gasteiger partial charge on any atom is -0.385 e. The van der Waals surface area contributed by atoms with Crippen LogP contribution in [0.4, 0.5) is 0 Å². The minimum absolute atomic E-state index is 0.912. The van der Waals surface area contributed by atoms with E-state index in [4.69, 9.17) is 4.74 Å². The van der Waals surface area contributed by atoms with Gasteiger partial charge in [0, 0.05) is 13.7 Å². The molecular weight excluding hydrogens is 184 g/mol. The van der Waals surface area contributed by atoms with Crippen molar-refractivity contribution in [1.82, 2.24) is 0 Å². The zero-order valence-electron chi connectivity index (χ0n) is 10.4. The van der Waals surface area contributed by atoms with E-state index in [2.05, 4.69) is 31.2 Å². The molecule has 0 aliphatic carbocycles. The third-order valence-corrected chi connectivity index (χ3v) is 2.31. The molecule has 1 nitrogen and oxygen atoms in total. The van der Waals surface area contributed by atoms with Crippen molar-refractivity contribution < 1.29 is 4.74 Å². The lowest BCUT2D eigenvalue weighted by Crippen LogP contribution is -1.87. The van der Waals surface area contributed by atoms with Gasteiger partial charge in [0.2, 0.25) is 0 Å². The molecule has 0 aromatic rings. The van der Waals surface area contributed by atoms with Gasteiger partial charge in [-0.1, -0.05) is 50.5 Å². The van der Waals surface area contributed by atoms with Gasteiger partial charge in [-0.3, -0.25) is 0 Å². The summed E-state index contributed by atoms with van der Waals surface area (Å²) in [5.74, 6) is 0. The van der Waals surface area contributed by atoms with Crippen LogP contribution in [-0.2, 0) is 4.74 Å².